The molecule has 4 nitrogen and oxygen atoms in total. The number of nitriles is 1. The number of unbranched alkanes of at least 4 members (excludes halogenated alkanes) is 1. The summed E-state index contributed by atoms with van der Waals surface area (Å²) in [7, 11) is 0. The lowest BCUT2D eigenvalue weighted by atomic mass is 9.77. The minimum Gasteiger partial charge on any atom is -0.251 e. The molecule has 0 unspecified atom stereocenters. The highest BCUT2D eigenvalue weighted by atomic mass is 15.3. The van der Waals surface area contributed by atoms with Crippen molar-refractivity contribution in [2.45, 2.75) is 38.1 Å². The summed E-state index contributed by atoms with van der Waals surface area (Å²) in [5, 5.41) is 13.9. The molecule has 98 valence electrons. The van der Waals surface area contributed by atoms with Crippen LogP contribution in [0.4, 0.5) is 0 Å². The molecule has 1 aromatic carbocycles. The SMILES string of the molecule is CCCC[C@@](C#N)(Cn1cncn1)c1ccccc1. The van der Waals surface area contributed by atoms with Gasteiger partial charge in [-0.05, 0) is 12.0 Å². The van der Waals surface area contributed by atoms with Crippen LogP contribution in [0.15, 0.2) is 43.0 Å². The second-order valence-corrected chi connectivity index (χ2v) is 4.76. The third-order valence-corrected chi connectivity index (χ3v) is 3.40. The smallest absolute Gasteiger partial charge is 0.137 e. The van der Waals surface area contributed by atoms with Crippen molar-refractivity contribution in [3.05, 3.63) is 48.5 Å². The summed E-state index contributed by atoms with van der Waals surface area (Å²) < 4.78 is 1.74. The van der Waals surface area contributed by atoms with Crippen molar-refractivity contribution in [1.82, 2.24) is 14.8 Å². The fourth-order valence-electron chi connectivity index (χ4n) is 2.30. The van der Waals surface area contributed by atoms with Crippen molar-refractivity contribution in [2.24, 2.45) is 0 Å². The Balaban J connectivity index is 2.34. The Morgan fingerprint density at radius 2 is 2.11 bits per heavy atom. The van der Waals surface area contributed by atoms with Gasteiger partial charge in [0.05, 0.1) is 12.6 Å². The Morgan fingerprint density at radius 3 is 2.68 bits per heavy atom. The van der Waals surface area contributed by atoms with Gasteiger partial charge in [0.15, 0.2) is 0 Å². The molecule has 0 radical (unpaired) electrons. The zero-order valence-electron chi connectivity index (χ0n) is 11.2. The summed E-state index contributed by atoms with van der Waals surface area (Å²) in [4.78, 5) is 3.96. The largest absolute Gasteiger partial charge is 0.251 e. The Hall–Kier alpha value is -2.15. The van der Waals surface area contributed by atoms with Crippen LogP contribution in [-0.4, -0.2) is 14.8 Å². The lowest BCUT2D eigenvalue weighted by Gasteiger charge is -2.26. The molecular weight excluding hydrogens is 236 g/mol. The first kappa shape index (κ1) is 13.3. The van der Waals surface area contributed by atoms with Gasteiger partial charge in [-0.25, -0.2) is 4.98 Å². The average molecular weight is 254 g/mol. The number of hydrogen-bond acceptors (Lipinski definition) is 3. The van der Waals surface area contributed by atoms with Crippen molar-refractivity contribution >= 4 is 0 Å². The van der Waals surface area contributed by atoms with E-state index in [1.165, 1.54) is 6.33 Å². The molecule has 0 aliphatic heterocycles. The maximum atomic E-state index is 9.74. The first-order valence-corrected chi connectivity index (χ1v) is 6.60. The molecule has 4 heteroatoms. The molecule has 2 aromatic rings. The van der Waals surface area contributed by atoms with E-state index in [4.69, 9.17) is 0 Å². The van der Waals surface area contributed by atoms with E-state index in [0.717, 1.165) is 24.8 Å². The predicted octanol–water partition coefficient (Wildman–Crippen LogP) is 2.93. The number of hydrogen-bond donors (Lipinski definition) is 0. The number of nitrogens with zero attached hydrogens (tertiary/aromatic N) is 4. The van der Waals surface area contributed by atoms with Gasteiger partial charge in [0, 0.05) is 0 Å². The van der Waals surface area contributed by atoms with Crippen LogP contribution < -0.4 is 0 Å². The number of aromatic nitrogens is 3. The van der Waals surface area contributed by atoms with E-state index in [0.29, 0.717) is 6.54 Å². The maximum absolute atomic E-state index is 9.74. The monoisotopic (exact) mass is 254 g/mol. The summed E-state index contributed by atoms with van der Waals surface area (Å²) in [6, 6.07) is 12.5. The Morgan fingerprint density at radius 1 is 1.32 bits per heavy atom. The maximum Gasteiger partial charge on any atom is 0.137 e. The molecule has 1 aromatic heterocycles. The average Bonchev–Trinajstić information content (AvgIpc) is 2.97. The van der Waals surface area contributed by atoms with Crippen LogP contribution in [0.5, 0.6) is 0 Å². The first-order valence-electron chi connectivity index (χ1n) is 6.60. The van der Waals surface area contributed by atoms with Crippen molar-refractivity contribution in [3.8, 4) is 6.07 Å². The minimum absolute atomic E-state index is 0.523. The summed E-state index contributed by atoms with van der Waals surface area (Å²) in [6.45, 7) is 2.69. The zero-order chi connectivity index (χ0) is 13.6. The van der Waals surface area contributed by atoms with Crippen LogP contribution in [0, 0.1) is 11.3 Å². The molecule has 1 atom stereocenters. The minimum atomic E-state index is -0.523. The summed E-state index contributed by atoms with van der Waals surface area (Å²) in [5.74, 6) is 0. The molecular formula is C15H18N4. The zero-order valence-corrected chi connectivity index (χ0v) is 11.2. The van der Waals surface area contributed by atoms with Crippen molar-refractivity contribution < 1.29 is 0 Å². The Bertz CT molecular complexity index is 527. The van der Waals surface area contributed by atoms with Crippen LogP contribution in [0.25, 0.3) is 0 Å². The fraction of sp³-hybridized carbons (Fsp3) is 0.400. The van der Waals surface area contributed by atoms with E-state index in [1.807, 2.05) is 30.3 Å². The van der Waals surface area contributed by atoms with Crippen LogP contribution in [0.2, 0.25) is 0 Å². The molecule has 0 aliphatic carbocycles. The second kappa shape index (κ2) is 6.14. The highest BCUT2D eigenvalue weighted by Gasteiger charge is 2.32. The second-order valence-electron chi connectivity index (χ2n) is 4.76. The molecule has 0 spiro atoms. The molecule has 0 N–H and O–H groups in total. The van der Waals surface area contributed by atoms with E-state index in [2.05, 4.69) is 23.1 Å². The quantitative estimate of drug-likeness (QED) is 0.796. The standard InChI is InChI=1S/C15H18N4/c1-2-3-9-15(10-16,11-19-13-17-12-18-19)14-7-5-4-6-8-14/h4-8,12-13H,2-3,9,11H2,1H3/t15-/m1/s1. The molecule has 0 saturated carbocycles. The van der Waals surface area contributed by atoms with E-state index < -0.39 is 5.41 Å². The van der Waals surface area contributed by atoms with Gasteiger partial charge in [-0.15, -0.1) is 0 Å². The van der Waals surface area contributed by atoms with Gasteiger partial charge < -0.3 is 0 Å². The first-order chi connectivity index (χ1) is 9.30. The molecule has 0 amide bonds. The molecule has 19 heavy (non-hydrogen) atoms. The normalized spacial score (nSPS) is 13.7. The third kappa shape index (κ3) is 3.00. The van der Waals surface area contributed by atoms with Gasteiger partial charge >= 0.3 is 0 Å². The molecule has 1 heterocycles. The summed E-state index contributed by atoms with van der Waals surface area (Å²) >= 11 is 0. The Kier molecular flexibility index (Phi) is 4.30. The van der Waals surface area contributed by atoms with E-state index in [1.54, 1.807) is 11.0 Å². The van der Waals surface area contributed by atoms with Gasteiger partial charge in [-0.3, -0.25) is 4.68 Å². The van der Waals surface area contributed by atoms with E-state index in [9.17, 15) is 5.26 Å². The van der Waals surface area contributed by atoms with Crippen LogP contribution >= 0.6 is 0 Å². The van der Waals surface area contributed by atoms with Gasteiger partial charge in [0.25, 0.3) is 0 Å². The molecule has 0 saturated heterocycles. The molecule has 0 fully saturated rings. The van der Waals surface area contributed by atoms with Gasteiger partial charge in [-0.1, -0.05) is 50.1 Å². The van der Waals surface area contributed by atoms with Gasteiger partial charge in [0.2, 0.25) is 0 Å². The number of rotatable bonds is 6. The summed E-state index contributed by atoms with van der Waals surface area (Å²) in [6.07, 6.45) is 6.11. The predicted molar refractivity (Wildman–Crippen MR) is 73.3 cm³/mol. The van der Waals surface area contributed by atoms with Crippen LogP contribution in [0.1, 0.15) is 31.7 Å². The van der Waals surface area contributed by atoms with Gasteiger partial charge in [0.1, 0.15) is 18.1 Å². The highest BCUT2D eigenvalue weighted by molar-refractivity contribution is 5.32. The lowest BCUT2D eigenvalue weighted by molar-refractivity contribution is 0.390. The highest BCUT2D eigenvalue weighted by Crippen LogP contribution is 2.31. The lowest BCUT2D eigenvalue weighted by Crippen LogP contribution is -2.30. The molecule has 2 rings (SSSR count). The Labute approximate surface area is 113 Å². The van der Waals surface area contributed by atoms with E-state index in [-0.39, 0.29) is 0 Å². The summed E-state index contributed by atoms with van der Waals surface area (Å²) in [5.41, 5.74) is 0.534. The molecule has 0 bridgehead atoms. The topological polar surface area (TPSA) is 54.5 Å². The van der Waals surface area contributed by atoms with Crippen LogP contribution in [-0.2, 0) is 12.0 Å². The molecule has 0 aliphatic rings. The van der Waals surface area contributed by atoms with Crippen molar-refractivity contribution in [1.29, 1.82) is 5.26 Å². The van der Waals surface area contributed by atoms with Crippen molar-refractivity contribution in [3.63, 3.8) is 0 Å². The van der Waals surface area contributed by atoms with E-state index >= 15 is 0 Å². The van der Waals surface area contributed by atoms with Crippen LogP contribution in [0.3, 0.4) is 0 Å². The van der Waals surface area contributed by atoms with Gasteiger partial charge in [-0.2, -0.15) is 10.4 Å². The third-order valence-electron chi connectivity index (χ3n) is 3.40. The van der Waals surface area contributed by atoms with Crippen molar-refractivity contribution in [2.75, 3.05) is 0 Å². The number of benzene rings is 1. The fourth-order valence-corrected chi connectivity index (χ4v) is 2.30.